The molecule has 148 valence electrons. The number of fused-ring (bicyclic) bond motifs is 1. The number of aromatic amines is 1. The molecule has 8 heteroatoms. The van der Waals surface area contributed by atoms with E-state index in [0.29, 0.717) is 17.1 Å². The van der Waals surface area contributed by atoms with E-state index in [1.165, 1.54) is 4.90 Å². The molecule has 1 fully saturated rings. The standard InChI is InChI=1S/C21H20N4O4/c1-29-15-8-6-13(7-9-15)18(26)11-22-21(28)14-10-19(27)25(12-14)20-16-4-2-3-5-17(16)23-24-20/h2-9,14H,10-12H2,1H3,(H,22,28)(H,23,24)/t14-/m1/s1. The van der Waals surface area contributed by atoms with Crippen LogP contribution >= 0.6 is 0 Å². The SMILES string of the molecule is COc1ccc(C(=O)CNC(=O)[C@@H]2CC(=O)N(c3n[nH]c4ccccc34)C2)cc1. The first kappa shape index (κ1) is 18.7. The van der Waals surface area contributed by atoms with Gasteiger partial charge in [0.15, 0.2) is 11.6 Å². The van der Waals surface area contributed by atoms with Gasteiger partial charge in [0.1, 0.15) is 5.75 Å². The number of hydrogen-bond acceptors (Lipinski definition) is 5. The number of nitrogens with zero attached hydrogens (tertiary/aromatic N) is 2. The summed E-state index contributed by atoms with van der Waals surface area (Å²) >= 11 is 0. The first-order valence-corrected chi connectivity index (χ1v) is 9.25. The molecule has 29 heavy (non-hydrogen) atoms. The van der Waals surface area contributed by atoms with Gasteiger partial charge in [0.05, 0.1) is 25.1 Å². The second-order valence-corrected chi connectivity index (χ2v) is 6.87. The highest BCUT2D eigenvalue weighted by atomic mass is 16.5. The van der Waals surface area contributed by atoms with Crippen LogP contribution in [0.5, 0.6) is 5.75 Å². The number of ether oxygens (including phenoxy) is 1. The Hall–Kier alpha value is -3.68. The third-order valence-corrected chi connectivity index (χ3v) is 5.04. The van der Waals surface area contributed by atoms with Gasteiger partial charge < -0.3 is 10.1 Å². The molecule has 2 N–H and O–H groups in total. The lowest BCUT2D eigenvalue weighted by molar-refractivity contribution is -0.126. The summed E-state index contributed by atoms with van der Waals surface area (Å²) < 4.78 is 5.07. The van der Waals surface area contributed by atoms with Crippen molar-refractivity contribution < 1.29 is 19.1 Å². The molecule has 1 atom stereocenters. The monoisotopic (exact) mass is 392 g/mol. The van der Waals surface area contributed by atoms with Crippen molar-refractivity contribution in [3.05, 3.63) is 54.1 Å². The lowest BCUT2D eigenvalue weighted by Gasteiger charge is -2.14. The number of benzene rings is 2. The quantitative estimate of drug-likeness (QED) is 0.624. The van der Waals surface area contributed by atoms with Crippen LogP contribution in [0.4, 0.5) is 5.82 Å². The number of amides is 2. The maximum atomic E-state index is 12.5. The van der Waals surface area contributed by atoms with Gasteiger partial charge in [-0.2, -0.15) is 5.10 Å². The van der Waals surface area contributed by atoms with Gasteiger partial charge in [-0.15, -0.1) is 0 Å². The number of methoxy groups -OCH3 is 1. The minimum atomic E-state index is -0.526. The number of carbonyl (C=O) groups excluding carboxylic acids is 3. The third kappa shape index (κ3) is 3.69. The summed E-state index contributed by atoms with van der Waals surface area (Å²) in [5, 5.41) is 10.6. The molecule has 1 aromatic heterocycles. The van der Waals surface area contributed by atoms with Crippen molar-refractivity contribution in [2.45, 2.75) is 6.42 Å². The van der Waals surface area contributed by atoms with Crippen molar-refractivity contribution >= 4 is 34.3 Å². The van der Waals surface area contributed by atoms with Crippen molar-refractivity contribution in [1.29, 1.82) is 0 Å². The molecule has 0 saturated carbocycles. The van der Waals surface area contributed by atoms with Crippen molar-refractivity contribution in [2.24, 2.45) is 5.92 Å². The summed E-state index contributed by atoms with van der Waals surface area (Å²) in [5.41, 5.74) is 1.31. The van der Waals surface area contributed by atoms with Gasteiger partial charge in [-0.1, -0.05) is 12.1 Å². The van der Waals surface area contributed by atoms with E-state index in [0.717, 1.165) is 10.9 Å². The predicted molar refractivity (Wildman–Crippen MR) is 107 cm³/mol. The van der Waals surface area contributed by atoms with E-state index in [-0.39, 0.29) is 37.1 Å². The van der Waals surface area contributed by atoms with Gasteiger partial charge in [0, 0.05) is 23.9 Å². The number of H-pyrrole nitrogens is 1. The molecule has 0 aliphatic carbocycles. The number of Topliss-reactive ketones (excluding diaryl/α,β-unsaturated/α-hetero) is 1. The Morgan fingerprint density at radius 2 is 1.97 bits per heavy atom. The van der Waals surface area contributed by atoms with Crippen molar-refractivity contribution in [3.63, 3.8) is 0 Å². The number of aromatic nitrogens is 2. The van der Waals surface area contributed by atoms with Crippen LogP contribution in [0.3, 0.4) is 0 Å². The van der Waals surface area contributed by atoms with Gasteiger partial charge in [-0.05, 0) is 36.4 Å². The normalized spacial score (nSPS) is 16.2. The highest BCUT2D eigenvalue weighted by Gasteiger charge is 2.36. The lowest BCUT2D eigenvalue weighted by Crippen LogP contribution is -2.36. The van der Waals surface area contributed by atoms with Crippen molar-refractivity contribution in [3.8, 4) is 5.75 Å². The van der Waals surface area contributed by atoms with Crippen molar-refractivity contribution in [1.82, 2.24) is 15.5 Å². The fraction of sp³-hybridized carbons (Fsp3) is 0.238. The molecule has 3 aromatic rings. The van der Waals surface area contributed by atoms with Crippen LogP contribution in [0, 0.1) is 5.92 Å². The third-order valence-electron chi connectivity index (χ3n) is 5.04. The Balaban J connectivity index is 1.38. The summed E-state index contributed by atoms with van der Waals surface area (Å²) in [6, 6.07) is 14.2. The maximum absolute atomic E-state index is 12.5. The minimum Gasteiger partial charge on any atom is -0.497 e. The zero-order valence-corrected chi connectivity index (χ0v) is 15.8. The Kier molecular flexibility index (Phi) is 4.99. The molecule has 1 aliphatic rings. The largest absolute Gasteiger partial charge is 0.497 e. The van der Waals surface area contributed by atoms with Crippen LogP contribution in [-0.4, -0.2) is 48.0 Å². The average molecular weight is 392 g/mol. The first-order chi connectivity index (χ1) is 14.1. The molecule has 4 rings (SSSR count). The molecule has 2 amide bonds. The molecule has 0 bridgehead atoms. The summed E-state index contributed by atoms with van der Waals surface area (Å²) in [6.07, 6.45) is 0.0871. The van der Waals surface area contributed by atoms with Gasteiger partial charge in [0.2, 0.25) is 11.8 Å². The summed E-state index contributed by atoms with van der Waals surface area (Å²) in [6.45, 7) is 0.109. The van der Waals surface area contributed by atoms with Crippen LogP contribution in [-0.2, 0) is 9.59 Å². The Morgan fingerprint density at radius 3 is 2.72 bits per heavy atom. The van der Waals surface area contributed by atoms with Crippen LogP contribution in [0.2, 0.25) is 0 Å². The Bertz CT molecular complexity index is 1070. The molecule has 0 unspecified atom stereocenters. The van der Waals surface area contributed by atoms with E-state index in [9.17, 15) is 14.4 Å². The number of para-hydroxylation sites is 1. The second-order valence-electron chi connectivity index (χ2n) is 6.87. The highest BCUT2D eigenvalue weighted by Crippen LogP contribution is 2.29. The maximum Gasteiger partial charge on any atom is 0.229 e. The Morgan fingerprint density at radius 1 is 1.21 bits per heavy atom. The van der Waals surface area contributed by atoms with Gasteiger partial charge in [0.25, 0.3) is 0 Å². The molecule has 2 heterocycles. The number of anilines is 1. The fourth-order valence-electron chi connectivity index (χ4n) is 3.43. The van der Waals surface area contributed by atoms with Gasteiger partial charge in [-0.25, -0.2) is 0 Å². The average Bonchev–Trinajstić information content (AvgIpc) is 3.35. The minimum absolute atomic E-state index is 0.0871. The molecule has 1 aliphatic heterocycles. The zero-order chi connectivity index (χ0) is 20.4. The molecular formula is C21H20N4O4. The van der Waals surface area contributed by atoms with E-state index in [1.807, 2.05) is 24.3 Å². The van der Waals surface area contributed by atoms with E-state index < -0.39 is 5.92 Å². The first-order valence-electron chi connectivity index (χ1n) is 9.25. The fourth-order valence-corrected chi connectivity index (χ4v) is 3.43. The zero-order valence-electron chi connectivity index (χ0n) is 15.8. The van der Waals surface area contributed by atoms with E-state index in [2.05, 4.69) is 15.5 Å². The molecule has 1 saturated heterocycles. The number of rotatable bonds is 6. The van der Waals surface area contributed by atoms with Gasteiger partial charge in [-0.3, -0.25) is 24.4 Å². The van der Waals surface area contributed by atoms with Crippen LogP contribution in [0.25, 0.3) is 10.9 Å². The van der Waals surface area contributed by atoms with Crippen molar-refractivity contribution in [2.75, 3.05) is 25.1 Å². The van der Waals surface area contributed by atoms with Crippen LogP contribution < -0.4 is 15.0 Å². The molecule has 0 radical (unpaired) electrons. The highest BCUT2D eigenvalue weighted by molar-refractivity contribution is 6.06. The second kappa shape index (κ2) is 7.75. The molecule has 8 nitrogen and oxygen atoms in total. The predicted octanol–water partition coefficient (Wildman–Crippen LogP) is 1.92. The topological polar surface area (TPSA) is 104 Å². The van der Waals surface area contributed by atoms with Crippen LogP contribution in [0.15, 0.2) is 48.5 Å². The Labute approximate surface area is 166 Å². The smallest absolute Gasteiger partial charge is 0.229 e. The van der Waals surface area contributed by atoms with Gasteiger partial charge >= 0.3 is 0 Å². The molecular weight excluding hydrogens is 372 g/mol. The number of nitrogens with one attached hydrogen (secondary N) is 2. The molecule has 2 aromatic carbocycles. The van der Waals surface area contributed by atoms with Crippen LogP contribution in [0.1, 0.15) is 16.8 Å². The summed E-state index contributed by atoms with van der Waals surface area (Å²) in [5.74, 6) is -0.0372. The van der Waals surface area contributed by atoms with E-state index in [4.69, 9.17) is 4.74 Å². The number of carbonyl (C=O) groups is 3. The number of ketones is 1. The van der Waals surface area contributed by atoms with E-state index >= 15 is 0 Å². The molecule has 0 spiro atoms. The summed E-state index contributed by atoms with van der Waals surface area (Å²) in [4.78, 5) is 38.8. The van der Waals surface area contributed by atoms with E-state index in [1.54, 1.807) is 31.4 Å². The number of hydrogen-bond donors (Lipinski definition) is 2. The lowest BCUT2D eigenvalue weighted by atomic mass is 10.1. The summed E-state index contributed by atoms with van der Waals surface area (Å²) in [7, 11) is 1.55.